The molecule has 0 atom stereocenters. The summed E-state index contributed by atoms with van der Waals surface area (Å²) in [4.78, 5) is 27.8. The van der Waals surface area contributed by atoms with Gasteiger partial charge >= 0.3 is 5.56 Å². The summed E-state index contributed by atoms with van der Waals surface area (Å²) < 4.78 is 2.15. The smallest absolute Gasteiger partial charge is 0.291 e. The van der Waals surface area contributed by atoms with Crippen molar-refractivity contribution in [1.29, 1.82) is 0 Å². The van der Waals surface area contributed by atoms with E-state index in [1.807, 2.05) is 12.1 Å². The molecule has 0 amide bonds. The largest absolute Gasteiger partial charge is 0.301 e. The second kappa shape index (κ2) is 8.13. The molecule has 30 heavy (non-hydrogen) atoms. The third kappa shape index (κ3) is 3.98. The van der Waals surface area contributed by atoms with Crippen molar-refractivity contribution in [3.63, 3.8) is 0 Å². The topological polar surface area (TPSA) is 119 Å². The van der Waals surface area contributed by atoms with Crippen molar-refractivity contribution >= 4 is 44.3 Å². The normalized spacial score (nSPS) is 11.3. The molecular weight excluding hydrogens is 472 g/mol. The van der Waals surface area contributed by atoms with E-state index in [2.05, 4.69) is 36.2 Å². The first-order valence-corrected chi connectivity index (χ1v) is 10.3. The van der Waals surface area contributed by atoms with Gasteiger partial charge in [-0.3, -0.25) is 20.0 Å². The Morgan fingerprint density at radius 2 is 2.00 bits per heavy atom. The first-order valence-electron chi connectivity index (χ1n) is 8.62. The lowest BCUT2D eigenvalue weighted by molar-refractivity contribution is -0.384. The lowest BCUT2D eigenvalue weighted by atomic mass is 10.1. The third-order valence-corrected chi connectivity index (χ3v) is 5.47. The highest BCUT2D eigenvalue weighted by atomic mass is 79.9. The van der Waals surface area contributed by atoms with Crippen molar-refractivity contribution in [2.75, 3.05) is 0 Å². The van der Waals surface area contributed by atoms with Crippen LogP contribution in [0, 0.1) is 17.0 Å². The van der Waals surface area contributed by atoms with Gasteiger partial charge in [-0.25, -0.2) is 4.98 Å². The Bertz CT molecular complexity index is 1340. The number of nitrogens with one attached hydrogen (secondary N) is 1. The highest BCUT2D eigenvalue weighted by molar-refractivity contribution is 9.10. The Labute approximate surface area is 182 Å². The number of aryl methyl sites for hydroxylation is 1. The molecule has 0 spiro atoms. The van der Waals surface area contributed by atoms with Crippen LogP contribution >= 0.6 is 27.3 Å². The number of nitro benzene ring substituents is 1. The Balaban J connectivity index is 1.66. The van der Waals surface area contributed by atoms with Crippen molar-refractivity contribution < 1.29 is 4.92 Å². The number of aromatic nitrogens is 3. The molecule has 11 heteroatoms. The lowest BCUT2D eigenvalue weighted by Gasteiger charge is -1.97. The van der Waals surface area contributed by atoms with Crippen LogP contribution in [0.25, 0.3) is 16.4 Å². The van der Waals surface area contributed by atoms with Gasteiger partial charge in [0.1, 0.15) is 0 Å². The van der Waals surface area contributed by atoms with Gasteiger partial charge in [-0.1, -0.05) is 34.1 Å². The van der Waals surface area contributed by atoms with Crippen LogP contribution in [0.2, 0.25) is 0 Å². The maximum Gasteiger partial charge on any atom is 0.301 e. The maximum atomic E-state index is 12.8. The van der Waals surface area contributed by atoms with Crippen LogP contribution in [0.3, 0.4) is 0 Å². The van der Waals surface area contributed by atoms with Crippen LogP contribution in [-0.4, -0.2) is 19.7 Å². The predicted molar refractivity (Wildman–Crippen MR) is 117 cm³/mol. The molecule has 150 valence electrons. The number of H-pyrrole nitrogens is 1. The minimum atomic E-state index is -0.460. The first kappa shape index (κ1) is 19.9. The molecule has 9 nitrogen and oxygen atoms in total. The number of nitro groups is 1. The summed E-state index contributed by atoms with van der Waals surface area (Å²) in [5.41, 5.74) is 2.06. The van der Waals surface area contributed by atoms with E-state index in [0.29, 0.717) is 27.8 Å². The third-order valence-electron chi connectivity index (χ3n) is 4.15. The number of thiazole rings is 1. The minimum absolute atomic E-state index is 0.0230. The van der Waals surface area contributed by atoms with E-state index in [0.717, 1.165) is 4.47 Å². The standard InChI is InChI=1S/C19H13BrN6O3S/c1-11-17(23-22-14-6-3-5-13(20)9-14)18(27)25(24-11)19-21-16(10-30-19)12-4-2-7-15(8-12)26(28)29/h2-10,24H,1H3. The van der Waals surface area contributed by atoms with Gasteiger partial charge in [0.15, 0.2) is 5.69 Å². The fourth-order valence-corrected chi connectivity index (χ4v) is 3.89. The molecule has 4 aromatic rings. The molecule has 0 bridgehead atoms. The first-order chi connectivity index (χ1) is 14.4. The summed E-state index contributed by atoms with van der Waals surface area (Å²) >= 11 is 4.60. The minimum Gasteiger partial charge on any atom is -0.291 e. The van der Waals surface area contributed by atoms with Crippen molar-refractivity contribution in [2.24, 2.45) is 10.2 Å². The number of nitrogens with zero attached hydrogens (tertiary/aromatic N) is 5. The molecule has 4 rings (SSSR count). The number of rotatable bonds is 5. The molecule has 0 radical (unpaired) electrons. The molecular formula is C19H13BrN6O3S. The van der Waals surface area contributed by atoms with E-state index in [-0.39, 0.29) is 16.9 Å². The number of aromatic amines is 1. The molecule has 2 aromatic heterocycles. The average molecular weight is 485 g/mol. The molecule has 0 aliphatic carbocycles. The molecule has 1 N–H and O–H groups in total. The number of benzene rings is 2. The van der Waals surface area contributed by atoms with Gasteiger partial charge < -0.3 is 0 Å². The van der Waals surface area contributed by atoms with Crippen LogP contribution in [-0.2, 0) is 0 Å². The molecule has 0 saturated heterocycles. The van der Waals surface area contributed by atoms with Gasteiger partial charge in [0.25, 0.3) is 5.69 Å². The Hall–Kier alpha value is -3.44. The van der Waals surface area contributed by atoms with E-state index in [4.69, 9.17) is 0 Å². The molecule has 0 fully saturated rings. The number of azo groups is 1. The predicted octanol–water partition coefficient (Wildman–Crippen LogP) is 5.68. The van der Waals surface area contributed by atoms with Gasteiger partial charge in [-0.05, 0) is 25.1 Å². The zero-order valence-corrected chi connectivity index (χ0v) is 17.8. The highest BCUT2D eigenvalue weighted by Crippen LogP contribution is 2.27. The van der Waals surface area contributed by atoms with Gasteiger partial charge in [0, 0.05) is 27.5 Å². The molecule has 0 aliphatic heterocycles. The second-order valence-corrected chi connectivity index (χ2v) is 7.98. The van der Waals surface area contributed by atoms with E-state index in [1.165, 1.54) is 28.2 Å². The van der Waals surface area contributed by atoms with E-state index in [9.17, 15) is 14.9 Å². The summed E-state index contributed by atoms with van der Waals surface area (Å²) in [6, 6.07) is 13.4. The van der Waals surface area contributed by atoms with E-state index in [1.54, 1.807) is 36.6 Å². The summed E-state index contributed by atoms with van der Waals surface area (Å²) in [6.07, 6.45) is 0. The SMILES string of the molecule is Cc1[nH]n(-c2nc(-c3cccc([N+](=O)[O-])c3)cs2)c(=O)c1N=Nc1cccc(Br)c1. The summed E-state index contributed by atoms with van der Waals surface area (Å²) in [5, 5.41) is 24.3. The average Bonchev–Trinajstić information content (AvgIpc) is 3.32. The lowest BCUT2D eigenvalue weighted by Crippen LogP contribution is -2.13. The molecule has 0 saturated carbocycles. The Morgan fingerprint density at radius 1 is 1.20 bits per heavy atom. The van der Waals surface area contributed by atoms with Gasteiger partial charge in [0.2, 0.25) is 5.13 Å². The van der Waals surface area contributed by atoms with Crippen LogP contribution in [0.1, 0.15) is 5.69 Å². The molecule has 2 aromatic carbocycles. The van der Waals surface area contributed by atoms with Crippen molar-refractivity contribution in [1.82, 2.24) is 14.8 Å². The second-order valence-electron chi connectivity index (χ2n) is 6.23. The van der Waals surface area contributed by atoms with Crippen molar-refractivity contribution in [2.45, 2.75) is 6.92 Å². The zero-order chi connectivity index (χ0) is 21.3. The zero-order valence-electron chi connectivity index (χ0n) is 15.4. The van der Waals surface area contributed by atoms with Gasteiger partial charge in [-0.15, -0.1) is 16.5 Å². The van der Waals surface area contributed by atoms with Crippen molar-refractivity contribution in [3.05, 3.63) is 84.5 Å². The van der Waals surface area contributed by atoms with Crippen LogP contribution in [0.4, 0.5) is 17.1 Å². The summed E-state index contributed by atoms with van der Waals surface area (Å²) in [7, 11) is 0. The monoisotopic (exact) mass is 484 g/mol. The summed E-state index contributed by atoms with van der Waals surface area (Å²) in [5.74, 6) is 0. The van der Waals surface area contributed by atoms with Gasteiger partial charge in [-0.2, -0.15) is 9.80 Å². The van der Waals surface area contributed by atoms with E-state index >= 15 is 0 Å². The number of non-ortho nitro benzene ring substituents is 1. The van der Waals surface area contributed by atoms with Crippen LogP contribution in [0.15, 0.2) is 73.4 Å². The quantitative estimate of drug-likeness (QED) is 0.222. The maximum absolute atomic E-state index is 12.8. The Kier molecular flexibility index (Phi) is 5.38. The number of halogens is 1. The fraction of sp³-hybridized carbons (Fsp3) is 0.0526. The number of hydrogen-bond donors (Lipinski definition) is 1. The molecule has 0 unspecified atom stereocenters. The fourth-order valence-electron chi connectivity index (χ4n) is 2.71. The summed E-state index contributed by atoms with van der Waals surface area (Å²) in [6.45, 7) is 1.72. The molecule has 0 aliphatic rings. The molecule has 2 heterocycles. The van der Waals surface area contributed by atoms with Gasteiger partial charge in [0.05, 0.1) is 22.0 Å². The number of hydrogen-bond acceptors (Lipinski definition) is 7. The van der Waals surface area contributed by atoms with Crippen LogP contribution < -0.4 is 5.56 Å². The Morgan fingerprint density at radius 3 is 2.77 bits per heavy atom. The van der Waals surface area contributed by atoms with Crippen LogP contribution in [0.5, 0.6) is 0 Å². The van der Waals surface area contributed by atoms with Crippen molar-refractivity contribution in [3.8, 4) is 16.4 Å². The highest BCUT2D eigenvalue weighted by Gasteiger charge is 2.16. The van der Waals surface area contributed by atoms with E-state index < -0.39 is 4.92 Å².